The standard InChI is InChI=1S/C15H23ClN2O3S/c1-17(2)22(20,21)18-9-7-15(12-19,8-10-18)11-13-5-3-4-6-14(13)16/h3-6,19H,7-12H2,1-2H3. The molecule has 1 aromatic carbocycles. The van der Waals surface area contributed by atoms with Crippen LogP contribution in [-0.2, 0) is 16.6 Å². The first-order valence-electron chi connectivity index (χ1n) is 7.33. The molecule has 0 atom stereocenters. The number of halogens is 1. The number of nitrogens with zero attached hydrogens (tertiary/aromatic N) is 2. The van der Waals surface area contributed by atoms with Crippen molar-refractivity contribution in [3.8, 4) is 0 Å². The second kappa shape index (κ2) is 6.84. The zero-order valence-electron chi connectivity index (χ0n) is 13.0. The van der Waals surface area contributed by atoms with Gasteiger partial charge in [0.25, 0.3) is 10.2 Å². The Labute approximate surface area is 137 Å². The zero-order valence-corrected chi connectivity index (χ0v) is 14.6. The van der Waals surface area contributed by atoms with Crippen LogP contribution in [-0.4, -0.2) is 55.9 Å². The Morgan fingerprint density at radius 3 is 2.36 bits per heavy atom. The average Bonchev–Trinajstić information content (AvgIpc) is 2.50. The SMILES string of the molecule is CN(C)S(=O)(=O)N1CCC(CO)(Cc2ccccc2Cl)CC1. The summed E-state index contributed by atoms with van der Waals surface area (Å²) in [5.41, 5.74) is 0.700. The minimum atomic E-state index is -3.38. The first-order chi connectivity index (χ1) is 10.3. The predicted molar refractivity (Wildman–Crippen MR) is 88.1 cm³/mol. The molecule has 0 spiro atoms. The first kappa shape index (κ1) is 17.7. The van der Waals surface area contributed by atoms with Gasteiger partial charge in [-0.25, -0.2) is 0 Å². The summed E-state index contributed by atoms with van der Waals surface area (Å²) in [5, 5.41) is 10.6. The number of rotatable bonds is 5. The van der Waals surface area contributed by atoms with E-state index in [4.69, 9.17) is 11.6 Å². The summed E-state index contributed by atoms with van der Waals surface area (Å²) in [6, 6.07) is 7.61. The molecule has 7 heteroatoms. The van der Waals surface area contributed by atoms with Crippen molar-refractivity contribution in [2.75, 3.05) is 33.8 Å². The van der Waals surface area contributed by atoms with Crippen LogP contribution in [0, 0.1) is 5.41 Å². The molecule has 1 N–H and O–H groups in total. The fourth-order valence-corrected chi connectivity index (χ4v) is 4.17. The molecular formula is C15H23ClN2O3S. The highest BCUT2D eigenvalue weighted by atomic mass is 35.5. The Morgan fingerprint density at radius 1 is 1.27 bits per heavy atom. The van der Waals surface area contributed by atoms with Crippen molar-refractivity contribution in [1.82, 2.24) is 8.61 Å². The third kappa shape index (κ3) is 3.63. The van der Waals surface area contributed by atoms with Crippen LogP contribution in [0.1, 0.15) is 18.4 Å². The number of hydrogen-bond donors (Lipinski definition) is 1. The maximum Gasteiger partial charge on any atom is 0.281 e. The molecule has 22 heavy (non-hydrogen) atoms. The van der Waals surface area contributed by atoms with Crippen LogP contribution in [0.2, 0.25) is 5.02 Å². The van der Waals surface area contributed by atoms with E-state index < -0.39 is 10.2 Å². The predicted octanol–water partition coefficient (Wildman–Crippen LogP) is 1.76. The van der Waals surface area contributed by atoms with Gasteiger partial charge in [0.05, 0.1) is 0 Å². The van der Waals surface area contributed by atoms with Crippen LogP contribution >= 0.6 is 11.6 Å². The van der Waals surface area contributed by atoms with E-state index >= 15 is 0 Å². The van der Waals surface area contributed by atoms with Gasteiger partial charge in [0, 0.05) is 44.2 Å². The van der Waals surface area contributed by atoms with E-state index in [0.29, 0.717) is 37.4 Å². The third-order valence-electron chi connectivity index (χ3n) is 4.43. The molecule has 124 valence electrons. The van der Waals surface area contributed by atoms with Crippen LogP contribution in [0.3, 0.4) is 0 Å². The number of piperidine rings is 1. The fraction of sp³-hybridized carbons (Fsp3) is 0.600. The maximum atomic E-state index is 12.2. The van der Waals surface area contributed by atoms with E-state index in [-0.39, 0.29) is 12.0 Å². The molecule has 0 saturated carbocycles. The zero-order chi connectivity index (χ0) is 16.4. The number of aliphatic hydroxyl groups excluding tert-OH is 1. The Morgan fingerprint density at radius 2 is 1.86 bits per heavy atom. The lowest BCUT2D eigenvalue weighted by molar-refractivity contribution is 0.0672. The molecule has 0 bridgehead atoms. The minimum absolute atomic E-state index is 0.0358. The molecule has 1 fully saturated rings. The summed E-state index contributed by atoms with van der Waals surface area (Å²) in [4.78, 5) is 0. The van der Waals surface area contributed by atoms with Gasteiger partial charge in [0.15, 0.2) is 0 Å². The summed E-state index contributed by atoms with van der Waals surface area (Å²) >= 11 is 6.21. The molecule has 0 amide bonds. The van der Waals surface area contributed by atoms with Gasteiger partial charge in [-0.1, -0.05) is 29.8 Å². The molecule has 0 aliphatic carbocycles. The average molecular weight is 347 g/mol. The molecule has 0 radical (unpaired) electrons. The van der Waals surface area contributed by atoms with E-state index in [0.717, 1.165) is 5.56 Å². The lowest BCUT2D eigenvalue weighted by Crippen LogP contribution is -2.48. The van der Waals surface area contributed by atoms with Crippen LogP contribution in [0.15, 0.2) is 24.3 Å². The second-order valence-corrected chi connectivity index (χ2v) is 8.67. The monoisotopic (exact) mass is 346 g/mol. The first-order valence-corrected chi connectivity index (χ1v) is 9.10. The van der Waals surface area contributed by atoms with Crippen molar-refractivity contribution in [2.24, 2.45) is 5.41 Å². The highest BCUT2D eigenvalue weighted by Crippen LogP contribution is 2.37. The summed E-state index contributed by atoms with van der Waals surface area (Å²) in [6.45, 7) is 0.880. The summed E-state index contributed by atoms with van der Waals surface area (Å²) < 4.78 is 27.0. The number of aliphatic hydroxyl groups is 1. The van der Waals surface area contributed by atoms with Crippen LogP contribution in [0.5, 0.6) is 0 Å². The molecule has 2 rings (SSSR count). The van der Waals surface area contributed by atoms with Gasteiger partial charge in [-0.15, -0.1) is 0 Å². The Balaban J connectivity index is 2.11. The van der Waals surface area contributed by atoms with Gasteiger partial charge in [0.2, 0.25) is 0 Å². The Kier molecular flexibility index (Phi) is 5.50. The summed E-state index contributed by atoms with van der Waals surface area (Å²) in [7, 11) is -0.311. The lowest BCUT2D eigenvalue weighted by atomic mass is 9.75. The van der Waals surface area contributed by atoms with Gasteiger partial charge in [0.1, 0.15) is 0 Å². The van der Waals surface area contributed by atoms with Crippen molar-refractivity contribution < 1.29 is 13.5 Å². The van der Waals surface area contributed by atoms with E-state index in [1.165, 1.54) is 22.7 Å². The van der Waals surface area contributed by atoms with Gasteiger partial charge >= 0.3 is 0 Å². The topological polar surface area (TPSA) is 60.9 Å². The quantitative estimate of drug-likeness (QED) is 0.883. The van der Waals surface area contributed by atoms with Crippen LogP contribution in [0.4, 0.5) is 0 Å². The van der Waals surface area contributed by atoms with Crippen LogP contribution in [0.25, 0.3) is 0 Å². The number of benzene rings is 1. The third-order valence-corrected chi connectivity index (χ3v) is 6.74. The molecule has 5 nitrogen and oxygen atoms in total. The van der Waals surface area contributed by atoms with E-state index in [9.17, 15) is 13.5 Å². The van der Waals surface area contributed by atoms with E-state index in [1.54, 1.807) is 0 Å². The molecule has 1 saturated heterocycles. The lowest BCUT2D eigenvalue weighted by Gasteiger charge is -2.41. The minimum Gasteiger partial charge on any atom is -0.396 e. The van der Waals surface area contributed by atoms with Crippen molar-refractivity contribution in [3.05, 3.63) is 34.9 Å². The molecule has 1 aliphatic heterocycles. The number of hydrogen-bond acceptors (Lipinski definition) is 3. The highest BCUT2D eigenvalue weighted by molar-refractivity contribution is 7.86. The summed E-state index contributed by atoms with van der Waals surface area (Å²) in [5.74, 6) is 0. The molecule has 1 aliphatic rings. The van der Waals surface area contributed by atoms with Crippen molar-refractivity contribution in [1.29, 1.82) is 0 Å². The second-order valence-electron chi connectivity index (χ2n) is 6.12. The fourth-order valence-electron chi connectivity index (χ4n) is 2.86. The Bertz CT molecular complexity index is 611. The largest absolute Gasteiger partial charge is 0.396 e. The normalized spacial score (nSPS) is 19.5. The van der Waals surface area contributed by atoms with Gasteiger partial charge in [-0.3, -0.25) is 0 Å². The van der Waals surface area contributed by atoms with E-state index in [2.05, 4.69) is 0 Å². The molecule has 1 heterocycles. The smallest absolute Gasteiger partial charge is 0.281 e. The van der Waals surface area contributed by atoms with E-state index in [1.807, 2.05) is 24.3 Å². The maximum absolute atomic E-state index is 12.2. The highest BCUT2D eigenvalue weighted by Gasteiger charge is 2.38. The molecule has 0 aromatic heterocycles. The summed E-state index contributed by atoms with van der Waals surface area (Å²) in [6.07, 6.45) is 1.92. The van der Waals surface area contributed by atoms with Crippen molar-refractivity contribution in [3.63, 3.8) is 0 Å². The van der Waals surface area contributed by atoms with Gasteiger partial charge < -0.3 is 5.11 Å². The molecule has 0 unspecified atom stereocenters. The molecule has 1 aromatic rings. The van der Waals surface area contributed by atoms with Crippen molar-refractivity contribution in [2.45, 2.75) is 19.3 Å². The Hall–Kier alpha value is -0.660. The van der Waals surface area contributed by atoms with Crippen LogP contribution < -0.4 is 0 Å². The van der Waals surface area contributed by atoms with Crippen molar-refractivity contribution >= 4 is 21.8 Å². The molecular weight excluding hydrogens is 324 g/mol. The van der Waals surface area contributed by atoms with Gasteiger partial charge in [-0.2, -0.15) is 17.0 Å². The van der Waals surface area contributed by atoms with Gasteiger partial charge in [-0.05, 0) is 30.9 Å².